The van der Waals surface area contributed by atoms with Crippen molar-refractivity contribution >= 4 is 23.6 Å². The Bertz CT molecular complexity index is 468. The van der Waals surface area contributed by atoms with Gasteiger partial charge < -0.3 is 20.6 Å². The fourth-order valence-electron chi connectivity index (χ4n) is 3.60. The van der Waals surface area contributed by atoms with Crippen LogP contribution in [-0.2, 0) is 4.79 Å². The number of aliphatic imine (C=N–C) groups is 1. The van der Waals surface area contributed by atoms with Gasteiger partial charge in [-0.3, -0.25) is 9.79 Å². The van der Waals surface area contributed by atoms with Gasteiger partial charge in [0.15, 0.2) is 5.96 Å². The molecule has 2 saturated heterocycles. The van der Waals surface area contributed by atoms with Crippen LogP contribution in [0.15, 0.2) is 4.99 Å². The zero-order valence-electron chi connectivity index (χ0n) is 16.6. The summed E-state index contributed by atoms with van der Waals surface area (Å²) in [5.74, 6) is 3.05. The number of rotatable bonds is 7. The molecule has 0 aliphatic carbocycles. The Morgan fingerprint density at radius 2 is 2.00 bits per heavy atom. The lowest BCUT2D eigenvalue weighted by Crippen LogP contribution is -2.51. The Labute approximate surface area is 162 Å². The van der Waals surface area contributed by atoms with Crippen LogP contribution >= 0.6 is 11.8 Å². The summed E-state index contributed by atoms with van der Waals surface area (Å²) in [5.41, 5.74) is -0.655. The molecule has 0 spiro atoms. The van der Waals surface area contributed by atoms with Crippen LogP contribution in [0.4, 0.5) is 0 Å². The lowest BCUT2D eigenvalue weighted by atomic mass is 9.98. The molecule has 2 heterocycles. The molecule has 26 heavy (non-hydrogen) atoms. The van der Waals surface area contributed by atoms with Crippen LogP contribution in [0.3, 0.4) is 0 Å². The molecule has 0 aromatic heterocycles. The number of nitrogens with one attached hydrogen (secondary N) is 2. The van der Waals surface area contributed by atoms with Crippen molar-refractivity contribution in [1.29, 1.82) is 0 Å². The molecule has 0 saturated carbocycles. The van der Waals surface area contributed by atoms with Crippen molar-refractivity contribution in [3.8, 4) is 0 Å². The molecule has 3 N–H and O–H groups in total. The van der Waals surface area contributed by atoms with Gasteiger partial charge in [-0.2, -0.15) is 11.8 Å². The maximum Gasteiger partial charge on any atom is 0.225 e. The zero-order chi connectivity index (χ0) is 19.0. The average Bonchev–Trinajstić information content (AvgIpc) is 3.08. The van der Waals surface area contributed by atoms with Gasteiger partial charge in [0, 0.05) is 37.3 Å². The SMILES string of the molecule is CCNC(=NCC1(O)CCSC1)NC1CCN(C(=O)C(CC)CC)CC1. The van der Waals surface area contributed by atoms with E-state index < -0.39 is 5.60 Å². The number of thioether (sulfide) groups is 1. The standard InChI is InChI=1S/C19H36N4O2S/c1-4-15(5-2)17(24)23-10-7-16(8-11-23)22-18(20-6-3)21-13-19(25)9-12-26-14-19/h15-16,25H,4-14H2,1-3H3,(H2,20,21,22). The molecule has 1 unspecified atom stereocenters. The van der Waals surface area contributed by atoms with E-state index in [1.54, 1.807) is 11.8 Å². The van der Waals surface area contributed by atoms with Crippen LogP contribution in [0.1, 0.15) is 52.9 Å². The Morgan fingerprint density at radius 1 is 1.31 bits per heavy atom. The van der Waals surface area contributed by atoms with E-state index in [0.717, 1.165) is 69.2 Å². The first-order chi connectivity index (χ1) is 12.5. The van der Waals surface area contributed by atoms with Gasteiger partial charge in [0.2, 0.25) is 5.91 Å². The van der Waals surface area contributed by atoms with E-state index in [0.29, 0.717) is 18.5 Å². The van der Waals surface area contributed by atoms with E-state index in [4.69, 9.17) is 0 Å². The van der Waals surface area contributed by atoms with E-state index in [1.807, 2.05) is 11.8 Å². The number of hydrogen-bond acceptors (Lipinski definition) is 4. The number of carbonyl (C=O) groups excluding carboxylic acids is 1. The minimum atomic E-state index is -0.655. The minimum absolute atomic E-state index is 0.170. The van der Waals surface area contributed by atoms with E-state index >= 15 is 0 Å². The zero-order valence-corrected chi connectivity index (χ0v) is 17.4. The van der Waals surface area contributed by atoms with Crippen LogP contribution in [0.2, 0.25) is 0 Å². The predicted octanol–water partition coefficient (Wildman–Crippen LogP) is 1.84. The van der Waals surface area contributed by atoms with Gasteiger partial charge in [-0.05, 0) is 44.8 Å². The number of amides is 1. The highest BCUT2D eigenvalue weighted by Crippen LogP contribution is 2.27. The molecule has 0 bridgehead atoms. The van der Waals surface area contributed by atoms with E-state index in [9.17, 15) is 9.90 Å². The number of aliphatic hydroxyl groups is 1. The van der Waals surface area contributed by atoms with Gasteiger partial charge in [0.1, 0.15) is 0 Å². The van der Waals surface area contributed by atoms with Crippen molar-refractivity contribution in [3.05, 3.63) is 0 Å². The van der Waals surface area contributed by atoms with Crippen LogP contribution in [-0.4, -0.2) is 71.2 Å². The smallest absolute Gasteiger partial charge is 0.225 e. The van der Waals surface area contributed by atoms with E-state index in [1.165, 1.54) is 0 Å². The number of hydrogen-bond donors (Lipinski definition) is 3. The van der Waals surface area contributed by atoms with Gasteiger partial charge >= 0.3 is 0 Å². The maximum absolute atomic E-state index is 12.5. The highest BCUT2D eigenvalue weighted by Gasteiger charge is 2.32. The Kier molecular flexibility index (Phi) is 8.54. The van der Waals surface area contributed by atoms with Crippen molar-refractivity contribution in [2.45, 2.75) is 64.5 Å². The van der Waals surface area contributed by atoms with Crippen molar-refractivity contribution < 1.29 is 9.90 Å². The second-order valence-corrected chi connectivity index (χ2v) is 8.58. The molecule has 150 valence electrons. The van der Waals surface area contributed by atoms with Gasteiger partial charge in [0.05, 0.1) is 12.1 Å². The summed E-state index contributed by atoms with van der Waals surface area (Å²) < 4.78 is 0. The van der Waals surface area contributed by atoms with Gasteiger partial charge in [-0.1, -0.05) is 13.8 Å². The molecular formula is C19H36N4O2S. The summed E-state index contributed by atoms with van der Waals surface area (Å²) in [6.07, 6.45) is 4.54. The third-order valence-electron chi connectivity index (χ3n) is 5.44. The monoisotopic (exact) mass is 384 g/mol. The second kappa shape index (κ2) is 10.4. The summed E-state index contributed by atoms with van der Waals surface area (Å²) >= 11 is 1.79. The first-order valence-electron chi connectivity index (χ1n) is 10.1. The molecule has 0 aromatic rings. The van der Waals surface area contributed by atoms with Gasteiger partial charge in [-0.25, -0.2) is 0 Å². The predicted molar refractivity (Wildman–Crippen MR) is 110 cm³/mol. The molecule has 0 aromatic carbocycles. The maximum atomic E-state index is 12.5. The largest absolute Gasteiger partial charge is 0.387 e. The number of guanidine groups is 1. The van der Waals surface area contributed by atoms with Crippen LogP contribution in [0.5, 0.6) is 0 Å². The average molecular weight is 385 g/mol. The summed E-state index contributed by atoms with van der Waals surface area (Å²) in [4.78, 5) is 19.2. The molecule has 2 rings (SSSR count). The third-order valence-corrected chi connectivity index (χ3v) is 6.67. The molecular weight excluding hydrogens is 348 g/mol. The quantitative estimate of drug-likeness (QED) is 0.461. The van der Waals surface area contributed by atoms with Crippen LogP contribution in [0.25, 0.3) is 0 Å². The number of likely N-dealkylation sites (tertiary alicyclic amines) is 1. The van der Waals surface area contributed by atoms with Crippen molar-refractivity contribution in [2.75, 3.05) is 37.7 Å². The van der Waals surface area contributed by atoms with Crippen LogP contribution in [0, 0.1) is 5.92 Å². The Balaban J connectivity index is 1.84. The van der Waals surface area contributed by atoms with Gasteiger partial charge in [-0.15, -0.1) is 0 Å². The minimum Gasteiger partial charge on any atom is -0.387 e. The summed E-state index contributed by atoms with van der Waals surface area (Å²) in [5, 5.41) is 17.3. The molecule has 2 aliphatic heterocycles. The molecule has 1 atom stereocenters. The van der Waals surface area contributed by atoms with E-state index in [2.05, 4.69) is 29.5 Å². The lowest BCUT2D eigenvalue weighted by Gasteiger charge is -2.35. The van der Waals surface area contributed by atoms with Gasteiger partial charge in [0.25, 0.3) is 0 Å². The summed E-state index contributed by atoms with van der Waals surface area (Å²) in [6, 6.07) is 0.325. The topological polar surface area (TPSA) is 77.0 Å². The van der Waals surface area contributed by atoms with E-state index in [-0.39, 0.29) is 5.92 Å². The normalized spacial score (nSPS) is 25.0. The molecule has 6 nitrogen and oxygen atoms in total. The number of piperidine rings is 1. The van der Waals surface area contributed by atoms with Crippen molar-refractivity contribution in [3.63, 3.8) is 0 Å². The first kappa shape index (κ1) is 21.4. The Hall–Kier alpha value is -0.950. The summed E-state index contributed by atoms with van der Waals surface area (Å²) in [6.45, 7) is 9.10. The Morgan fingerprint density at radius 3 is 2.54 bits per heavy atom. The molecule has 7 heteroatoms. The second-order valence-electron chi connectivity index (χ2n) is 7.48. The molecule has 2 fully saturated rings. The van der Waals surface area contributed by atoms with Crippen LogP contribution < -0.4 is 10.6 Å². The molecule has 2 aliphatic rings. The number of carbonyl (C=O) groups is 1. The third kappa shape index (κ3) is 6.05. The molecule has 0 radical (unpaired) electrons. The number of nitrogens with zero attached hydrogens (tertiary/aromatic N) is 2. The lowest BCUT2D eigenvalue weighted by molar-refractivity contribution is -0.136. The summed E-state index contributed by atoms with van der Waals surface area (Å²) in [7, 11) is 0. The van der Waals surface area contributed by atoms with Crippen molar-refractivity contribution in [1.82, 2.24) is 15.5 Å². The highest BCUT2D eigenvalue weighted by atomic mass is 32.2. The van der Waals surface area contributed by atoms with Crippen molar-refractivity contribution in [2.24, 2.45) is 10.9 Å². The highest BCUT2D eigenvalue weighted by molar-refractivity contribution is 7.99. The fourth-order valence-corrected chi connectivity index (χ4v) is 4.89. The first-order valence-corrected chi connectivity index (χ1v) is 11.3. The fraction of sp³-hybridized carbons (Fsp3) is 0.895. The molecule has 1 amide bonds.